The number of hydrogen-bond donors (Lipinski definition) is 0. The average molecular weight is 727 g/mol. The Hall–Kier alpha value is -7.69. The fourth-order valence-corrected chi connectivity index (χ4v) is 8.34. The molecule has 4 heteroatoms. The van der Waals surface area contributed by atoms with E-state index in [1.165, 1.54) is 21.5 Å². The van der Waals surface area contributed by atoms with Gasteiger partial charge in [0.15, 0.2) is 17.5 Å². The highest BCUT2D eigenvalue weighted by Gasteiger charge is 2.23. The third-order valence-electron chi connectivity index (χ3n) is 11.0. The van der Waals surface area contributed by atoms with E-state index in [-0.39, 0.29) is 0 Å². The summed E-state index contributed by atoms with van der Waals surface area (Å²) < 4.78 is 2.47. The van der Waals surface area contributed by atoms with Crippen LogP contribution in [0.1, 0.15) is 0 Å². The van der Waals surface area contributed by atoms with Crippen molar-refractivity contribution in [2.75, 3.05) is 0 Å². The number of rotatable bonds is 6. The first-order valence-electron chi connectivity index (χ1n) is 19.3. The zero-order valence-corrected chi connectivity index (χ0v) is 30.9. The molecule has 11 rings (SSSR count). The lowest BCUT2D eigenvalue weighted by molar-refractivity contribution is 1.08. The largest absolute Gasteiger partial charge is 0.308 e. The van der Waals surface area contributed by atoms with Crippen LogP contribution in [-0.2, 0) is 0 Å². The second-order valence-electron chi connectivity index (χ2n) is 14.4. The van der Waals surface area contributed by atoms with Crippen molar-refractivity contribution in [1.29, 1.82) is 0 Å². The molecule has 2 heterocycles. The maximum Gasteiger partial charge on any atom is 0.164 e. The molecule has 0 aliphatic heterocycles. The maximum atomic E-state index is 5.32. The molecular weight excluding hydrogens is 693 g/mol. The van der Waals surface area contributed by atoms with Crippen LogP contribution in [-0.4, -0.2) is 19.5 Å². The third-order valence-corrected chi connectivity index (χ3v) is 11.0. The maximum absolute atomic E-state index is 5.32. The van der Waals surface area contributed by atoms with E-state index in [4.69, 9.17) is 15.0 Å². The molecule has 0 N–H and O–H groups in total. The number of benzene rings is 9. The first-order valence-corrected chi connectivity index (χ1v) is 19.3. The molecule has 9 aromatic carbocycles. The average Bonchev–Trinajstić information content (AvgIpc) is 3.60. The normalized spacial score (nSPS) is 11.5. The molecule has 0 saturated carbocycles. The minimum Gasteiger partial charge on any atom is -0.308 e. The molecule has 2 aromatic heterocycles. The summed E-state index contributed by atoms with van der Waals surface area (Å²) in [5.41, 5.74) is 10.6. The Morgan fingerprint density at radius 2 is 0.772 bits per heavy atom. The summed E-state index contributed by atoms with van der Waals surface area (Å²) in [4.78, 5) is 15.7. The summed E-state index contributed by atoms with van der Waals surface area (Å²) in [6.45, 7) is 0. The zero-order chi connectivity index (χ0) is 37.7. The van der Waals surface area contributed by atoms with Gasteiger partial charge in [-0.25, -0.2) is 15.0 Å². The Kier molecular flexibility index (Phi) is 7.78. The van der Waals surface area contributed by atoms with Crippen molar-refractivity contribution in [3.8, 4) is 62.1 Å². The van der Waals surface area contributed by atoms with Crippen LogP contribution in [0.15, 0.2) is 206 Å². The topological polar surface area (TPSA) is 43.6 Å². The Labute approximate surface area is 330 Å². The van der Waals surface area contributed by atoms with Gasteiger partial charge in [0, 0.05) is 38.6 Å². The van der Waals surface area contributed by atoms with Crippen LogP contribution >= 0.6 is 0 Å². The predicted octanol–water partition coefficient (Wildman–Crippen LogP) is 13.6. The molecule has 0 fully saturated rings. The number of hydrogen-bond acceptors (Lipinski definition) is 3. The summed E-state index contributed by atoms with van der Waals surface area (Å²) in [7, 11) is 0. The van der Waals surface area contributed by atoms with Crippen molar-refractivity contribution < 1.29 is 0 Å². The molecular formula is C53H34N4. The van der Waals surface area contributed by atoms with Crippen molar-refractivity contribution in [1.82, 2.24) is 19.5 Å². The lowest BCUT2D eigenvalue weighted by Gasteiger charge is -2.21. The van der Waals surface area contributed by atoms with Gasteiger partial charge >= 0.3 is 0 Å². The minimum atomic E-state index is 0.612. The van der Waals surface area contributed by atoms with Crippen LogP contribution in [0.4, 0.5) is 0 Å². The van der Waals surface area contributed by atoms with E-state index >= 15 is 0 Å². The fraction of sp³-hybridized carbons (Fsp3) is 0. The van der Waals surface area contributed by atoms with Gasteiger partial charge < -0.3 is 4.57 Å². The van der Waals surface area contributed by atoms with E-state index in [2.05, 4.69) is 193 Å². The lowest BCUT2D eigenvalue weighted by Crippen LogP contribution is -2.04. The summed E-state index contributed by atoms with van der Waals surface area (Å²) >= 11 is 0. The predicted molar refractivity (Wildman–Crippen MR) is 236 cm³/mol. The molecule has 0 amide bonds. The van der Waals surface area contributed by atoms with Gasteiger partial charge in [-0.3, -0.25) is 0 Å². The van der Waals surface area contributed by atoms with E-state index in [9.17, 15) is 0 Å². The van der Waals surface area contributed by atoms with Crippen LogP contribution in [0.5, 0.6) is 0 Å². The second kappa shape index (κ2) is 13.6. The summed E-state index contributed by atoms with van der Waals surface area (Å²) in [5, 5.41) is 7.09. The van der Waals surface area contributed by atoms with Gasteiger partial charge in [-0.05, 0) is 63.0 Å². The molecule has 4 nitrogen and oxygen atoms in total. The van der Waals surface area contributed by atoms with Crippen LogP contribution in [0.2, 0.25) is 0 Å². The third kappa shape index (κ3) is 5.66. The van der Waals surface area contributed by atoms with E-state index in [0.717, 1.165) is 66.4 Å². The van der Waals surface area contributed by atoms with Gasteiger partial charge in [0.25, 0.3) is 0 Å². The van der Waals surface area contributed by atoms with Gasteiger partial charge in [-0.1, -0.05) is 176 Å². The number of aromatic nitrogens is 4. The van der Waals surface area contributed by atoms with Crippen molar-refractivity contribution in [2.24, 2.45) is 0 Å². The standard InChI is InChI=1S/C53H34N4/c1-4-17-36(18-5-1)45-32-41(52-54-51(38-22-8-3-9-23-38)55-53(56-52)44-29-16-26-35-21-12-13-27-42(35)44)33-46(37-19-6-2-7-20-37)50(45)57-48-30-15-14-28-43(48)47-31-39-24-10-11-25-40(39)34-49(47)57/h1-34H. The number of fused-ring (bicyclic) bond motifs is 5. The number of nitrogens with zero attached hydrogens (tertiary/aromatic N) is 4. The molecule has 0 unspecified atom stereocenters. The first-order chi connectivity index (χ1) is 28.3. The molecule has 0 spiro atoms. The Bertz CT molecular complexity index is 3210. The van der Waals surface area contributed by atoms with Crippen LogP contribution in [0.3, 0.4) is 0 Å². The van der Waals surface area contributed by atoms with Crippen molar-refractivity contribution in [3.05, 3.63) is 206 Å². The highest BCUT2D eigenvalue weighted by atomic mass is 15.0. The molecule has 266 valence electrons. The molecule has 0 aliphatic carbocycles. The summed E-state index contributed by atoms with van der Waals surface area (Å²) in [6.07, 6.45) is 0. The Balaban J connectivity index is 1.26. The van der Waals surface area contributed by atoms with Crippen molar-refractivity contribution >= 4 is 43.4 Å². The molecule has 11 aromatic rings. The van der Waals surface area contributed by atoms with Gasteiger partial charge in [0.2, 0.25) is 0 Å². The minimum absolute atomic E-state index is 0.612. The first kappa shape index (κ1) is 32.7. The molecule has 0 aliphatic rings. The molecule has 0 radical (unpaired) electrons. The lowest BCUT2D eigenvalue weighted by atomic mass is 9.92. The van der Waals surface area contributed by atoms with Crippen molar-refractivity contribution in [3.63, 3.8) is 0 Å². The van der Waals surface area contributed by atoms with E-state index < -0.39 is 0 Å². The fourth-order valence-electron chi connectivity index (χ4n) is 8.34. The van der Waals surface area contributed by atoms with Gasteiger partial charge in [-0.2, -0.15) is 0 Å². The zero-order valence-electron chi connectivity index (χ0n) is 30.9. The Morgan fingerprint density at radius 1 is 0.281 bits per heavy atom. The van der Waals surface area contributed by atoms with Gasteiger partial charge in [0.1, 0.15) is 0 Å². The van der Waals surface area contributed by atoms with Crippen LogP contribution in [0, 0.1) is 0 Å². The highest BCUT2D eigenvalue weighted by Crippen LogP contribution is 2.44. The van der Waals surface area contributed by atoms with E-state index in [1.54, 1.807) is 0 Å². The molecule has 0 atom stereocenters. The van der Waals surface area contributed by atoms with Crippen LogP contribution in [0.25, 0.3) is 105 Å². The highest BCUT2D eigenvalue weighted by molar-refractivity contribution is 6.14. The quantitative estimate of drug-likeness (QED) is 0.171. The van der Waals surface area contributed by atoms with E-state index in [0.29, 0.717) is 17.5 Å². The summed E-state index contributed by atoms with van der Waals surface area (Å²) in [6, 6.07) is 73.0. The second-order valence-corrected chi connectivity index (χ2v) is 14.4. The molecule has 0 bridgehead atoms. The smallest absolute Gasteiger partial charge is 0.164 e. The number of para-hydroxylation sites is 1. The van der Waals surface area contributed by atoms with Crippen LogP contribution < -0.4 is 0 Å². The van der Waals surface area contributed by atoms with Gasteiger partial charge in [-0.15, -0.1) is 0 Å². The molecule has 57 heavy (non-hydrogen) atoms. The SMILES string of the molecule is c1ccc(-c2nc(-c3cc(-c4ccccc4)c(-n4c5ccccc5c5cc6ccccc6cc54)c(-c4ccccc4)c3)nc(-c3cccc4ccccc34)n2)cc1. The Morgan fingerprint density at radius 3 is 1.44 bits per heavy atom. The monoisotopic (exact) mass is 726 g/mol. The summed E-state index contributed by atoms with van der Waals surface area (Å²) in [5.74, 6) is 1.88. The molecule has 0 saturated heterocycles. The van der Waals surface area contributed by atoms with E-state index in [1.807, 2.05) is 18.2 Å². The van der Waals surface area contributed by atoms with Gasteiger partial charge in [0.05, 0.1) is 16.7 Å². The van der Waals surface area contributed by atoms with Crippen molar-refractivity contribution in [2.45, 2.75) is 0 Å².